The number of anilines is 2. The lowest BCUT2D eigenvalue weighted by atomic mass is 10.1. The zero-order valence-corrected chi connectivity index (χ0v) is 15.0. The van der Waals surface area contributed by atoms with Crippen LogP contribution in [0.2, 0.25) is 0 Å². The van der Waals surface area contributed by atoms with Gasteiger partial charge in [0.2, 0.25) is 5.91 Å². The van der Waals surface area contributed by atoms with E-state index in [9.17, 15) is 9.59 Å². The number of carbonyl (C=O) groups is 2. The summed E-state index contributed by atoms with van der Waals surface area (Å²) in [6.07, 6.45) is 2.98. The van der Waals surface area contributed by atoms with Crippen molar-refractivity contribution in [1.82, 2.24) is 5.32 Å². The van der Waals surface area contributed by atoms with Crippen molar-refractivity contribution in [2.24, 2.45) is 5.73 Å². The lowest BCUT2D eigenvalue weighted by molar-refractivity contribution is -0.121. The number of amides is 2. The van der Waals surface area contributed by atoms with Gasteiger partial charge >= 0.3 is 0 Å². The van der Waals surface area contributed by atoms with Gasteiger partial charge in [-0.05, 0) is 44.4 Å². The van der Waals surface area contributed by atoms with Gasteiger partial charge in [0.25, 0.3) is 5.91 Å². The molecule has 1 saturated heterocycles. The van der Waals surface area contributed by atoms with Crippen molar-refractivity contribution in [2.45, 2.75) is 38.6 Å². The second-order valence-corrected chi connectivity index (χ2v) is 6.61. The molecule has 0 saturated carbocycles. The second-order valence-electron chi connectivity index (χ2n) is 6.11. The Bertz CT molecular complexity index is 704. The Morgan fingerprint density at radius 2 is 2.20 bits per heavy atom. The number of nitrogens with two attached hydrogens (primary N) is 1. The molecule has 1 aliphatic heterocycles. The third-order valence-electron chi connectivity index (χ3n) is 3.86. The molecular weight excluding hydrogens is 338 g/mol. The van der Waals surface area contributed by atoms with E-state index in [1.54, 1.807) is 25.1 Å². The summed E-state index contributed by atoms with van der Waals surface area (Å²) in [6.45, 7) is 2.35. The molecule has 1 fully saturated rings. The fraction of sp³-hybridized carbons (Fsp3) is 0.412. The van der Waals surface area contributed by atoms with E-state index in [0.717, 1.165) is 19.3 Å². The molecule has 0 aromatic heterocycles. The first-order valence-electron chi connectivity index (χ1n) is 8.19. The number of benzene rings is 1. The molecule has 0 aliphatic carbocycles. The molecule has 1 aromatic carbocycles. The summed E-state index contributed by atoms with van der Waals surface area (Å²) < 4.78 is 0. The molecule has 0 bridgehead atoms. The van der Waals surface area contributed by atoms with Crippen LogP contribution in [0.1, 0.15) is 43.0 Å². The Morgan fingerprint density at radius 1 is 1.44 bits per heavy atom. The highest BCUT2D eigenvalue weighted by molar-refractivity contribution is 7.80. The molecule has 8 heteroatoms. The molecule has 2 rings (SSSR count). The van der Waals surface area contributed by atoms with Crippen molar-refractivity contribution in [3.63, 3.8) is 0 Å². The van der Waals surface area contributed by atoms with E-state index in [2.05, 4.69) is 16.0 Å². The summed E-state index contributed by atoms with van der Waals surface area (Å²) in [5.74, 6) is -0.600. The minimum absolute atomic E-state index is 0.0269. The second kappa shape index (κ2) is 8.57. The number of nitrogens with one attached hydrogen (secondary N) is 4. The molecule has 1 aromatic rings. The van der Waals surface area contributed by atoms with Gasteiger partial charge in [-0.1, -0.05) is 12.2 Å². The quantitative estimate of drug-likeness (QED) is 0.392. The van der Waals surface area contributed by atoms with Gasteiger partial charge in [0.15, 0.2) is 0 Å². The van der Waals surface area contributed by atoms with Gasteiger partial charge in [0, 0.05) is 24.4 Å². The minimum Gasteiger partial charge on any atom is -0.374 e. The highest BCUT2D eigenvalue weighted by atomic mass is 32.1. The molecule has 1 atom stereocenters. The third-order valence-corrected chi connectivity index (χ3v) is 4.11. The number of hydrogen-bond donors (Lipinski definition) is 5. The van der Waals surface area contributed by atoms with E-state index in [0.29, 0.717) is 40.6 Å². The average molecular weight is 361 g/mol. The van der Waals surface area contributed by atoms with Crippen molar-refractivity contribution < 1.29 is 9.59 Å². The van der Waals surface area contributed by atoms with Gasteiger partial charge < -0.3 is 27.1 Å². The standard InChI is InChI=1S/C17H23N5O2S/c1-10(18)8-15(25)22-14-9-11(5-6-12(14)16(19)23)21-13-4-2-3-7-20-17(13)24/h5-6,9,13,18,21H,2-4,7-8H2,1H3,(H2,19,23)(H,20,24)(H,22,25). The molecule has 1 unspecified atom stereocenters. The first-order chi connectivity index (χ1) is 11.9. The average Bonchev–Trinajstić information content (AvgIpc) is 2.71. The number of hydrogen-bond acceptors (Lipinski definition) is 5. The van der Waals surface area contributed by atoms with Crippen molar-refractivity contribution in [3.05, 3.63) is 23.8 Å². The van der Waals surface area contributed by atoms with Crippen molar-refractivity contribution in [3.8, 4) is 0 Å². The Labute approximate surface area is 152 Å². The summed E-state index contributed by atoms with van der Waals surface area (Å²) in [4.78, 5) is 24.1. The lowest BCUT2D eigenvalue weighted by Crippen LogP contribution is -2.37. The molecule has 1 heterocycles. The minimum atomic E-state index is -0.573. The Hall–Kier alpha value is -2.48. The highest BCUT2D eigenvalue weighted by Gasteiger charge is 2.21. The molecule has 7 nitrogen and oxygen atoms in total. The molecular formula is C17H23N5O2S. The van der Waals surface area contributed by atoms with Crippen LogP contribution in [0.25, 0.3) is 0 Å². The predicted octanol–water partition coefficient (Wildman–Crippen LogP) is 2.04. The molecule has 0 spiro atoms. The van der Waals surface area contributed by atoms with Crippen LogP contribution < -0.4 is 21.7 Å². The first-order valence-corrected chi connectivity index (χ1v) is 8.59. The van der Waals surface area contributed by atoms with Gasteiger partial charge in [-0.2, -0.15) is 0 Å². The van der Waals surface area contributed by atoms with Crippen LogP contribution in [0.4, 0.5) is 11.4 Å². The molecule has 6 N–H and O–H groups in total. The topological polar surface area (TPSA) is 120 Å². The summed E-state index contributed by atoms with van der Waals surface area (Å²) in [7, 11) is 0. The fourth-order valence-electron chi connectivity index (χ4n) is 2.67. The first kappa shape index (κ1) is 18.9. The molecule has 2 amide bonds. The van der Waals surface area contributed by atoms with E-state index in [1.165, 1.54) is 0 Å². The monoisotopic (exact) mass is 361 g/mol. The van der Waals surface area contributed by atoms with E-state index >= 15 is 0 Å². The largest absolute Gasteiger partial charge is 0.374 e. The number of primary amides is 1. The maximum Gasteiger partial charge on any atom is 0.250 e. The van der Waals surface area contributed by atoms with Crippen LogP contribution >= 0.6 is 12.2 Å². The molecule has 134 valence electrons. The van der Waals surface area contributed by atoms with E-state index in [4.69, 9.17) is 23.4 Å². The fourth-order valence-corrected chi connectivity index (χ4v) is 2.99. The molecule has 1 aliphatic rings. The van der Waals surface area contributed by atoms with Gasteiger partial charge in [-0.15, -0.1) is 0 Å². The van der Waals surface area contributed by atoms with Crippen LogP contribution in [0.3, 0.4) is 0 Å². The van der Waals surface area contributed by atoms with Crippen molar-refractivity contribution >= 4 is 46.1 Å². The van der Waals surface area contributed by atoms with E-state index < -0.39 is 5.91 Å². The van der Waals surface area contributed by atoms with E-state index in [-0.39, 0.29) is 11.9 Å². The predicted molar refractivity (Wildman–Crippen MR) is 103 cm³/mol. The van der Waals surface area contributed by atoms with E-state index in [1.807, 2.05) is 0 Å². The smallest absolute Gasteiger partial charge is 0.250 e. The Morgan fingerprint density at radius 3 is 2.88 bits per heavy atom. The van der Waals surface area contributed by atoms with Crippen LogP contribution in [0.5, 0.6) is 0 Å². The van der Waals surface area contributed by atoms with Crippen molar-refractivity contribution in [2.75, 3.05) is 17.2 Å². The Balaban J connectivity index is 2.20. The Kier molecular flexibility index (Phi) is 6.46. The van der Waals surface area contributed by atoms with Gasteiger partial charge in [0.1, 0.15) is 6.04 Å². The maximum atomic E-state index is 12.1. The molecule has 25 heavy (non-hydrogen) atoms. The van der Waals surface area contributed by atoms with Crippen LogP contribution in [-0.2, 0) is 4.79 Å². The van der Waals surface area contributed by atoms with Crippen LogP contribution in [0, 0.1) is 5.41 Å². The summed E-state index contributed by atoms with van der Waals surface area (Å²) in [5.41, 5.74) is 7.31. The normalized spacial score (nSPS) is 17.2. The zero-order valence-electron chi connectivity index (χ0n) is 14.1. The van der Waals surface area contributed by atoms with Gasteiger partial charge in [0.05, 0.1) is 16.2 Å². The lowest BCUT2D eigenvalue weighted by Gasteiger charge is -2.18. The number of carbonyl (C=O) groups excluding carboxylic acids is 2. The molecule has 0 radical (unpaired) electrons. The SMILES string of the molecule is CC(=N)CC(=S)Nc1cc(NC2CCCCNC2=O)ccc1C(N)=O. The van der Waals surface area contributed by atoms with Gasteiger partial charge in [-0.25, -0.2) is 0 Å². The van der Waals surface area contributed by atoms with Gasteiger partial charge in [-0.3, -0.25) is 9.59 Å². The van der Waals surface area contributed by atoms with Crippen molar-refractivity contribution in [1.29, 1.82) is 5.41 Å². The van der Waals surface area contributed by atoms with Crippen LogP contribution in [0.15, 0.2) is 18.2 Å². The summed E-state index contributed by atoms with van der Waals surface area (Å²) in [6, 6.07) is 4.71. The highest BCUT2D eigenvalue weighted by Crippen LogP contribution is 2.23. The number of rotatable bonds is 6. The zero-order chi connectivity index (χ0) is 18.4. The summed E-state index contributed by atoms with van der Waals surface area (Å²) >= 11 is 5.21. The third kappa shape index (κ3) is 5.53. The number of thiocarbonyl (C=S) groups is 1. The maximum absolute atomic E-state index is 12.1. The summed E-state index contributed by atoms with van der Waals surface area (Å²) in [5, 5.41) is 16.6. The van der Waals surface area contributed by atoms with Crippen LogP contribution in [-0.4, -0.2) is 35.1 Å².